The van der Waals surface area contributed by atoms with Crippen LogP contribution < -0.4 is 5.32 Å². The van der Waals surface area contributed by atoms with E-state index in [0.29, 0.717) is 5.92 Å². The number of hydrogen-bond donors (Lipinski definition) is 1. The molecule has 0 aromatic heterocycles. The summed E-state index contributed by atoms with van der Waals surface area (Å²) in [5.41, 5.74) is 2.18. The average Bonchev–Trinajstić information content (AvgIpc) is 2.64. The topological polar surface area (TPSA) is 12.0 Å². The monoisotopic (exact) mass is 213 g/mol. The lowest BCUT2D eigenvalue weighted by molar-refractivity contribution is 0.624. The van der Waals surface area contributed by atoms with E-state index in [9.17, 15) is 4.39 Å². The molecule has 1 N–H and O–H groups in total. The van der Waals surface area contributed by atoms with Gasteiger partial charge in [-0.25, -0.2) is 4.39 Å². The Bertz CT molecular complexity index is 345. The van der Waals surface area contributed by atoms with Gasteiger partial charge in [-0.3, -0.25) is 0 Å². The first kappa shape index (κ1) is 9.94. The summed E-state index contributed by atoms with van der Waals surface area (Å²) in [7, 11) is 0. The fourth-order valence-electron chi connectivity index (χ4n) is 2.02. The predicted molar refractivity (Wildman–Crippen MR) is 56.4 cm³/mol. The van der Waals surface area contributed by atoms with Gasteiger partial charge in [-0.2, -0.15) is 0 Å². The molecule has 1 heterocycles. The summed E-state index contributed by atoms with van der Waals surface area (Å²) in [6.07, 6.45) is 1.11. The van der Waals surface area contributed by atoms with Crippen LogP contribution in [-0.4, -0.2) is 13.1 Å². The molecule has 1 atom stereocenters. The van der Waals surface area contributed by atoms with Crippen LogP contribution in [0.1, 0.15) is 23.5 Å². The molecule has 1 saturated heterocycles. The Labute approximate surface area is 88.3 Å². The third-order valence-corrected chi connectivity index (χ3v) is 3.10. The molecule has 0 amide bonds. The van der Waals surface area contributed by atoms with Gasteiger partial charge in [0.05, 0.1) is 5.02 Å². The fraction of sp³-hybridized carbons (Fsp3) is 0.455. The van der Waals surface area contributed by atoms with E-state index in [1.807, 2.05) is 6.92 Å². The molecule has 3 heteroatoms. The summed E-state index contributed by atoms with van der Waals surface area (Å²) in [5, 5.41) is 3.53. The molecule has 0 bridgehead atoms. The maximum Gasteiger partial charge on any atom is 0.142 e. The second kappa shape index (κ2) is 3.87. The quantitative estimate of drug-likeness (QED) is 0.757. The molecule has 1 unspecified atom stereocenters. The number of nitrogens with one attached hydrogen (secondary N) is 1. The number of halogens is 2. The molecular weight excluding hydrogens is 201 g/mol. The van der Waals surface area contributed by atoms with Gasteiger partial charge in [0.2, 0.25) is 0 Å². The third-order valence-electron chi connectivity index (χ3n) is 2.81. The minimum absolute atomic E-state index is 0.234. The number of hydrogen-bond acceptors (Lipinski definition) is 1. The van der Waals surface area contributed by atoms with Crippen molar-refractivity contribution in [1.29, 1.82) is 0 Å². The Hall–Kier alpha value is -0.600. The number of benzene rings is 1. The van der Waals surface area contributed by atoms with Gasteiger partial charge in [-0.1, -0.05) is 11.6 Å². The molecule has 1 aliphatic heterocycles. The third kappa shape index (κ3) is 1.77. The lowest BCUT2D eigenvalue weighted by atomic mass is 9.94. The summed E-state index contributed by atoms with van der Waals surface area (Å²) in [5.74, 6) is 0.173. The van der Waals surface area contributed by atoms with E-state index < -0.39 is 0 Å². The first-order valence-electron chi connectivity index (χ1n) is 4.84. The highest BCUT2D eigenvalue weighted by atomic mass is 35.5. The van der Waals surface area contributed by atoms with Gasteiger partial charge in [0.25, 0.3) is 0 Å². The summed E-state index contributed by atoms with van der Waals surface area (Å²) in [6.45, 7) is 3.95. The molecule has 0 radical (unpaired) electrons. The average molecular weight is 214 g/mol. The van der Waals surface area contributed by atoms with E-state index in [0.717, 1.165) is 25.1 Å². The molecule has 0 spiro atoms. The zero-order valence-electron chi connectivity index (χ0n) is 8.11. The molecule has 1 aliphatic rings. The molecule has 0 aliphatic carbocycles. The van der Waals surface area contributed by atoms with E-state index in [-0.39, 0.29) is 10.8 Å². The molecule has 0 saturated carbocycles. The van der Waals surface area contributed by atoms with Crippen LogP contribution >= 0.6 is 11.6 Å². The van der Waals surface area contributed by atoms with E-state index in [2.05, 4.69) is 5.32 Å². The highest BCUT2D eigenvalue weighted by molar-refractivity contribution is 6.30. The van der Waals surface area contributed by atoms with Crippen molar-refractivity contribution in [1.82, 2.24) is 5.32 Å². The summed E-state index contributed by atoms with van der Waals surface area (Å²) < 4.78 is 13.1. The molecule has 14 heavy (non-hydrogen) atoms. The highest BCUT2D eigenvalue weighted by Gasteiger charge is 2.19. The van der Waals surface area contributed by atoms with Crippen LogP contribution in [0, 0.1) is 12.7 Å². The highest BCUT2D eigenvalue weighted by Crippen LogP contribution is 2.29. The zero-order chi connectivity index (χ0) is 10.1. The van der Waals surface area contributed by atoms with Crippen molar-refractivity contribution < 1.29 is 4.39 Å². The van der Waals surface area contributed by atoms with Crippen LogP contribution in [0.2, 0.25) is 5.02 Å². The standard InChI is InChI=1S/C11H13ClFN/c1-7-4-11(13)10(12)5-9(7)8-2-3-14-6-8/h4-5,8,14H,2-3,6H2,1H3. The molecular formula is C11H13ClFN. The minimum atomic E-state index is -0.320. The van der Waals surface area contributed by atoms with Crippen LogP contribution in [0.4, 0.5) is 4.39 Å². The van der Waals surface area contributed by atoms with Gasteiger partial charge >= 0.3 is 0 Å². The number of aryl methyl sites for hydroxylation is 1. The van der Waals surface area contributed by atoms with Gasteiger partial charge in [0, 0.05) is 6.54 Å². The second-order valence-electron chi connectivity index (χ2n) is 3.81. The Morgan fingerprint density at radius 1 is 1.50 bits per heavy atom. The fourth-order valence-corrected chi connectivity index (χ4v) is 2.19. The lowest BCUT2D eigenvalue weighted by Gasteiger charge is -2.13. The van der Waals surface area contributed by atoms with E-state index in [4.69, 9.17) is 11.6 Å². The van der Waals surface area contributed by atoms with Crippen molar-refractivity contribution in [3.8, 4) is 0 Å². The van der Waals surface area contributed by atoms with Crippen molar-refractivity contribution in [2.24, 2.45) is 0 Å². The smallest absolute Gasteiger partial charge is 0.142 e. The number of rotatable bonds is 1. The predicted octanol–water partition coefficient (Wildman–Crippen LogP) is 2.86. The second-order valence-corrected chi connectivity index (χ2v) is 4.22. The van der Waals surface area contributed by atoms with Crippen molar-refractivity contribution in [3.63, 3.8) is 0 Å². The van der Waals surface area contributed by atoms with Crippen LogP contribution in [0.5, 0.6) is 0 Å². The van der Waals surface area contributed by atoms with Gasteiger partial charge in [-0.05, 0) is 49.1 Å². The zero-order valence-corrected chi connectivity index (χ0v) is 8.87. The van der Waals surface area contributed by atoms with Crippen LogP contribution in [-0.2, 0) is 0 Å². The van der Waals surface area contributed by atoms with Crippen LogP contribution in [0.25, 0.3) is 0 Å². The van der Waals surface area contributed by atoms with E-state index in [1.54, 1.807) is 6.07 Å². The van der Waals surface area contributed by atoms with Crippen LogP contribution in [0.3, 0.4) is 0 Å². The van der Waals surface area contributed by atoms with E-state index >= 15 is 0 Å². The Morgan fingerprint density at radius 3 is 2.93 bits per heavy atom. The van der Waals surface area contributed by atoms with Gasteiger partial charge < -0.3 is 5.32 Å². The van der Waals surface area contributed by atoms with E-state index in [1.165, 1.54) is 11.6 Å². The maximum absolute atomic E-state index is 13.1. The normalized spacial score (nSPS) is 21.5. The SMILES string of the molecule is Cc1cc(F)c(Cl)cc1C1CCNC1. The maximum atomic E-state index is 13.1. The molecule has 1 nitrogen and oxygen atoms in total. The van der Waals surface area contributed by atoms with Gasteiger partial charge in [0.15, 0.2) is 0 Å². The van der Waals surface area contributed by atoms with Crippen molar-refractivity contribution >= 4 is 11.6 Å². The Kier molecular flexibility index (Phi) is 2.75. The molecule has 2 rings (SSSR count). The minimum Gasteiger partial charge on any atom is -0.316 e. The lowest BCUT2D eigenvalue weighted by Crippen LogP contribution is -2.08. The van der Waals surface area contributed by atoms with Crippen molar-refractivity contribution in [2.75, 3.05) is 13.1 Å². The molecule has 76 valence electrons. The van der Waals surface area contributed by atoms with Gasteiger partial charge in [-0.15, -0.1) is 0 Å². The Balaban J connectivity index is 2.37. The summed E-state index contributed by atoms with van der Waals surface area (Å²) in [4.78, 5) is 0. The molecule has 1 fully saturated rings. The Morgan fingerprint density at radius 2 is 2.29 bits per heavy atom. The van der Waals surface area contributed by atoms with Crippen molar-refractivity contribution in [2.45, 2.75) is 19.3 Å². The molecule has 1 aromatic rings. The summed E-state index contributed by atoms with van der Waals surface area (Å²) in [6, 6.07) is 3.29. The summed E-state index contributed by atoms with van der Waals surface area (Å²) >= 11 is 5.77. The van der Waals surface area contributed by atoms with Crippen LogP contribution in [0.15, 0.2) is 12.1 Å². The van der Waals surface area contributed by atoms with Gasteiger partial charge in [0.1, 0.15) is 5.82 Å². The van der Waals surface area contributed by atoms with Crippen molar-refractivity contribution in [3.05, 3.63) is 34.1 Å². The largest absolute Gasteiger partial charge is 0.316 e. The first-order chi connectivity index (χ1) is 6.68. The molecule has 1 aromatic carbocycles. The first-order valence-corrected chi connectivity index (χ1v) is 5.22.